The average Bonchev–Trinajstić information content (AvgIpc) is 2.69. The third-order valence-corrected chi connectivity index (χ3v) is 6.96. The third-order valence-electron chi connectivity index (χ3n) is 4.73. The molecule has 13 heteroatoms. The summed E-state index contributed by atoms with van der Waals surface area (Å²) >= 11 is 11.9. The fourth-order valence-corrected chi connectivity index (χ4v) is 4.71. The van der Waals surface area contributed by atoms with Gasteiger partial charge in [-0.25, -0.2) is 8.42 Å². The van der Waals surface area contributed by atoms with Crippen LogP contribution in [0.4, 0.5) is 13.2 Å². The number of hydrogen-bond acceptors (Lipinski definition) is 6. The first-order valence-corrected chi connectivity index (χ1v) is 11.6. The molecule has 1 aromatic heterocycles. The van der Waals surface area contributed by atoms with E-state index in [4.69, 9.17) is 34.0 Å². The number of carboxylic acids is 1. The van der Waals surface area contributed by atoms with Crippen molar-refractivity contribution in [3.05, 3.63) is 52.3 Å². The maximum absolute atomic E-state index is 13.7. The number of benzene rings is 1. The van der Waals surface area contributed by atoms with Crippen LogP contribution in [0.15, 0.2) is 36.5 Å². The van der Waals surface area contributed by atoms with Crippen molar-refractivity contribution in [2.75, 3.05) is 11.5 Å². The van der Waals surface area contributed by atoms with E-state index >= 15 is 0 Å². The fourth-order valence-electron chi connectivity index (χ4n) is 2.77. The number of carbonyl (C=O) groups is 1. The zero-order valence-electron chi connectivity index (χ0n) is 16.3. The van der Waals surface area contributed by atoms with E-state index in [9.17, 15) is 31.5 Å². The van der Waals surface area contributed by atoms with Crippen molar-refractivity contribution in [3.8, 4) is 11.1 Å². The lowest BCUT2D eigenvalue weighted by Crippen LogP contribution is -2.44. The summed E-state index contributed by atoms with van der Waals surface area (Å²) in [5, 5.41) is 19.7. The molecule has 176 valence electrons. The minimum Gasteiger partial charge on any atom is -0.480 e. The molecule has 32 heavy (non-hydrogen) atoms. The van der Waals surface area contributed by atoms with Gasteiger partial charge in [-0.2, -0.15) is 13.2 Å². The van der Waals surface area contributed by atoms with Gasteiger partial charge in [-0.15, -0.1) is 0 Å². The van der Waals surface area contributed by atoms with Crippen LogP contribution in [-0.2, 0) is 20.2 Å². The van der Waals surface area contributed by atoms with Crippen LogP contribution in [0.5, 0.6) is 0 Å². The Morgan fingerprint density at radius 3 is 2.31 bits per heavy atom. The number of alkyl halides is 3. The summed E-state index contributed by atoms with van der Waals surface area (Å²) in [5.41, 5.74) is 1.69. The van der Waals surface area contributed by atoms with E-state index in [-0.39, 0.29) is 5.02 Å². The molecule has 0 bridgehead atoms. The molecule has 4 N–H and O–H groups in total. The molecule has 0 amide bonds. The predicted octanol–water partition coefficient (Wildman–Crippen LogP) is 3.41. The lowest BCUT2D eigenvalue weighted by atomic mass is 9.94. The smallest absolute Gasteiger partial charge is 0.423 e. The van der Waals surface area contributed by atoms with Crippen molar-refractivity contribution in [1.29, 1.82) is 0 Å². The van der Waals surface area contributed by atoms with Crippen LogP contribution in [0, 0.1) is 0 Å². The van der Waals surface area contributed by atoms with Gasteiger partial charge in [0.05, 0.1) is 17.2 Å². The molecule has 0 radical (unpaired) electrons. The summed E-state index contributed by atoms with van der Waals surface area (Å²) < 4.78 is 65.3. The van der Waals surface area contributed by atoms with E-state index < -0.39 is 63.7 Å². The van der Waals surface area contributed by atoms with Crippen LogP contribution in [0.2, 0.25) is 10.0 Å². The quantitative estimate of drug-likeness (QED) is 0.467. The van der Waals surface area contributed by atoms with E-state index in [1.165, 1.54) is 18.2 Å². The van der Waals surface area contributed by atoms with Crippen molar-refractivity contribution in [1.82, 2.24) is 4.98 Å². The summed E-state index contributed by atoms with van der Waals surface area (Å²) in [6.45, 7) is 0. The molecule has 1 unspecified atom stereocenters. The van der Waals surface area contributed by atoms with Crippen molar-refractivity contribution >= 4 is 39.0 Å². The lowest BCUT2D eigenvalue weighted by Gasteiger charge is -2.30. The molecular formula is C19H19Cl2F3N2O5S. The summed E-state index contributed by atoms with van der Waals surface area (Å²) in [4.78, 5) is 14.4. The van der Waals surface area contributed by atoms with Crippen LogP contribution in [-0.4, -0.2) is 53.3 Å². The minimum atomic E-state index is -5.23. The lowest BCUT2D eigenvalue weighted by molar-refractivity contribution is -0.268. The summed E-state index contributed by atoms with van der Waals surface area (Å²) in [5.74, 6) is -3.23. The molecule has 1 aromatic carbocycles. The fraction of sp³-hybridized carbons (Fsp3) is 0.368. The normalized spacial score (nSPS) is 15.2. The number of hydrogen-bond donors (Lipinski definition) is 3. The Morgan fingerprint density at radius 2 is 1.81 bits per heavy atom. The summed E-state index contributed by atoms with van der Waals surface area (Å²) in [6.07, 6.45) is -5.86. The Hall–Kier alpha value is -1.92. The first kappa shape index (κ1) is 26.3. The van der Waals surface area contributed by atoms with Crippen LogP contribution in [0.3, 0.4) is 0 Å². The standard InChI is InChI=1S/C19H19Cl2F3N2O5S/c20-12-2-3-13(14(21)9-12)11-1-4-16(26-10-11)18(29,19(22,23)24)6-8-32(30,31)7-5-15(25)17(27)28/h1-4,9-10,15,29H,5-8,25H2,(H,27,28)/t15-,18?/m0/s1. The van der Waals surface area contributed by atoms with Gasteiger partial charge in [-0.1, -0.05) is 35.3 Å². The zero-order chi connectivity index (χ0) is 24.3. The van der Waals surface area contributed by atoms with Gasteiger partial charge in [0.25, 0.3) is 0 Å². The highest BCUT2D eigenvalue weighted by Crippen LogP contribution is 2.41. The largest absolute Gasteiger partial charge is 0.480 e. The van der Waals surface area contributed by atoms with Crippen LogP contribution < -0.4 is 5.73 Å². The van der Waals surface area contributed by atoms with E-state index in [0.29, 0.717) is 16.1 Å². The Balaban J connectivity index is 2.26. The van der Waals surface area contributed by atoms with E-state index in [2.05, 4.69) is 4.98 Å². The van der Waals surface area contributed by atoms with E-state index in [0.717, 1.165) is 12.3 Å². The molecule has 0 spiro atoms. The van der Waals surface area contributed by atoms with Crippen molar-refractivity contribution < 1.29 is 36.6 Å². The summed E-state index contributed by atoms with van der Waals surface area (Å²) in [6, 6.07) is 5.24. The highest BCUT2D eigenvalue weighted by molar-refractivity contribution is 7.91. The molecule has 2 atom stereocenters. The number of aliphatic hydroxyl groups is 1. The number of aliphatic carboxylic acids is 1. The molecule has 0 fully saturated rings. The third kappa shape index (κ3) is 6.32. The van der Waals surface area contributed by atoms with E-state index in [1.807, 2.05) is 0 Å². The zero-order valence-corrected chi connectivity index (χ0v) is 18.6. The van der Waals surface area contributed by atoms with Crippen molar-refractivity contribution in [2.24, 2.45) is 5.73 Å². The second kappa shape index (κ2) is 9.92. The Kier molecular flexibility index (Phi) is 8.16. The van der Waals surface area contributed by atoms with Crippen molar-refractivity contribution in [2.45, 2.75) is 30.7 Å². The number of aromatic nitrogens is 1. The number of nitrogens with zero attached hydrogens (tertiary/aromatic N) is 1. The first-order chi connectivity index (χ1) is 14.7. The maximum Gasteiger partial charge on any atom is 0.423 e. The topological polar surface area (TPSA) is 131 Å². The molecule has 7 nitrogen and oxygen atoms in total. The molecule has 1 heterocycles. The van der Waals surface area contributed by atoms with E-state index in [1.54, 1.807) is 6.07 Å². The van der Waals surface area contributed by atoms with Gasteiger partial charge in [0.1, 0.15) is 6.04 Å². The van der Waals surface area contributed by atoms with Crippen molar-refractivity contribution in [3.63, 3.8) is 0 Å². The van der Waals surface area contributed by atoms with Gasteiger partial charge in [-0.05, 0) is 24.6 Å². The molecule has 0 saturated heterocycles. The van der Waals surface area contributed by atoms with Crippen LogP contribution >= 0.6 is 23.2 Å². The summed E-state index contributed by atoms with van der Waals surface area (Å²) in [7, 11) is -4.13. The second-order valence-electron chi connectivity index (χ2n) is 7.05. The molecule has 0 aliphatic rings. The van der Waals surface area contributed by atoms with Gasteiger partial charge < -0.3 is 15.9 Å². The Bertz CT molecular complexity index is 1080. The second-order valence-corrected chi connectivity index (χ2v) is 10.2. The highest BCUT2D eigenvalue weighted by atomic mass is 35.5. The van der Waals surface area contributed by atoms with Gasteiger partial charge in [0.15, 0.2) is 9.84 Å². The number of halogens is 5. The maximum atomic E-state index is 13.7. The Morgan fingerprint density at radius 1 is 1.16 bits per heavy atom. The molecule has 2 rings (SSSR count). The molecule has 0 aliphatic heterocycles. The first-order valence-electron chi connectivity index (χ1n) is 9.06. The molecule has 0 saturated carbocycles. The molecular weight excluding hydrogens is 496 g/mol. The molecule has 2 aromatic rings. The SMILES string of the molecule is N[C@@H](CCS(=O)(=O)CCC(O)(c1ccc(-c2ccc(Cl)cc2Cl)cn1)C(F)(F)F)C(=O)O. The Labute approximate surface area is 191 Å². The van der Waals surface area contributed by atoms with Crippen LogP contribution in [0.1, 0.15) is 18.5 Å². The highest BCUT2D eigenvalue weighted by Gasteiger charge is 2.56. The molecule has 0 aliphatic carbocycles. The minimum absolute atomic E-state index is 0.240. The van der Waals surface area contributed by atoms with Gasteiger partial charge >= 0.3 is 12.1 Å². The monoisotopic (exact) mass is 514 g/mol. The van der Waals surface area contributed by atoms with Gasteiger partial charge in [0, 0.05) is 33.8 Å². The number of sulfone groups is 1. The number of carboxylic acid groups (broad SMARTS) is 1. The van der Waals surface area contributed by atoms with Gasteiger partial charge in [-0.3, -0.25) is 9.78 Å². The number of nitrogens with two attached hydrogens (primary N) is 1. The average molecular weight is 515 g/mol. The van der Waals surface area contributed by atoms with Gasteiger partial charge in [0.2, 0.25) is 5.60 Å². The van der Waals surface area contributed by atoms with Crippen LogP contribution in [0.25, 0.3) is 11.1 Å². The predicted molar refractivity (Wildman–Crippen MR) is 113 cm³/mol. The number of pyridine rings is 1. The number of rotatable bonds is 9.